The molecule has 3 N–H and O–H groups in total. The van der Waals surface area contributed by atoms with Crippen LogP contribution in [0, 0.1) is 0 Å². The summed E-state index contributed by atoms with van der Waals surface area (Å²) in [5.41, 5.74) is 1.82. The van der Waals surface area contributed by atoms with Crippen LogP contribution in [-0.4, -0.2) is 39.3 Å². The normalized spacial score (nSPS) is 22.0. The molecule has 2 fully saturated rings. The first-order valence-corrected chi connectivity index (χ1v) is 12.6. The molecular formula is C22H27N7O3S. The molecule has 2 saturated carbocycles. The lowest BCUT2D eigenvalue weighted by Gasteiger charge is -2.39. The van der Waals surface area contributed by atoms with E-state index in [0.717, 1.165) is 37.7 Å². The molecule has 33 heavy (non-hydrogen) atoms. The molecule has 0 spiro atoms. The van der Waals surface area contributed by atoms with E-state index in [2.05, 4.69) is 37.0 Å². The second-order valence-electron chi connectivity index (χ2n) is 9.12. The summed E-state index contributed by atoms with van der Waals surface area (Å²) in [6.07, 6.45) is 11.9. The summed E-state index contributed by atoms with van der Waals surface area (Å²) in [6.45, 7) is 2.23. The summed E-state index contributed by atoms with van der Waals surface area (Å²) < 4.78 is 31.1. The molecule has 0 saturated heterocycles. The fraction of sp³-hybridized carbons (Fsp3) is 0.455. The van der Waals surface area contributed by atoms with Gasteiger partial charge < -0.3 is 10.1 Å². The van der Waals surface area contributed by atoms with Crippen LogP contribution in [0.2, 0.25) is 0 Å². The van der Waals surface area contributed by atoms with E-state index in [1.54, 1.807) is 18.5 Å². The average molecular weight is 470 g/mol. The minimum Gasteiger partial charge on any atom is -0.460 e. The van der Waals surface area contributed by atoms with Crippen LogP contribution in [0.15, 0.2) is 47.9 Å². The van der Waals surface area contributed by atoms with Crippen molar-refractivity contribution in [2.45, 2.75) is 67.9 Å². The summed E-state index contributed by atoms with van der Waals surface area (Å²) in [4.78, 5) is 8.90. The molecular weight excluding hydrogens is 442 g/mol. The number of hydrogen-bond donors (Lipinski definition) is 2. The minimum absolute atomic E-state index is 0.0577. The summed E-state index contributed by atoms with van der Waals surface area (Å²) in [5, 5.41) is 16.5. The monoisotopic (exact) mass is 469 g/mol. The van der Waals surface area contributed by atoms with Gasteiger partial charge in [-0.1, -0.05) is 5.10 Å². The van der Waals surface area contributed by atoms with Crippen molar-refractivity contribution in [1.29, 1.82) is 0 Å². The van der Waals surface area contributed by atoms with Crippen LogP contribution in [0.5, 0.6) is 6.01 Å². The average Bonchev–Trinajstić information content (AvgIpc) is 3.43. The molecule has 0 aliphatic heterocycles. The first kappa shape index (κ1) is 21.8. The van der Waals surface area contributed by atoms with Gasteiger partial charge in [0.15, 0.2) is 0 Å². The maximum atomic E-state index is 11.4. The van der Waals surface area contributed by atoms with Gasteiger partial charge >= 0.3 is 6.01 Å². The highest BCUT2D eigenvalue weighted by Gasteiger charge is 2.37. The van der Waals surface area contributed by atoms with Gasteiger partial charge in [-0.15, -0.1) is 5.10 Å². The Bertz CT molecular complexity index is 1220. The molecule has 1 aromatic carbocycles. The fourth-order valence-corrected chi connectivity index (χ4v) is 5.09. The van der Waals surface area contributed by atoms with E-state index in [1.165, 1.54) is 18.6 Å². The fourth-order valence-electron chi connectivity index (χ4n) is 4.57. The van der Waals surface area contributed by atoms with Crippen LogP contribution in [0.25, 0.3) is 0 Å². The zero-order valence-electron chi connectivity index (χ0n) is 18.4. The number of benzene rings is 1. The molecule has 2 aromatic heterocycles. The van der Waals surface area contributed by atoms with Crippen molar-refractivity contribution in [3.8, 4) is 6.01 Å². The highest BCUT2D eigenvalue weighted by atomic mass is 32.2. The number of nitrogens with one attached hydrogen (secondary N) is 1. The number of nitrogens with zero attached hydrogens (tertiary/aromatic N) is 5. The highest BCUT2D eigenvalue weighted by molar-refractivity contribution is 7.89. The Morgan fingerprint density at radius 3 is 2.52 bits per heavy atom. The molecule has 2 heterocycles. The predicted octanol–water partition coefficient (Wildman–Crippen LogP) is 3.07. The molecule has 2 aliphatic rings. The van der Waals surface area contributed by atoms with Gasteiger partial charge in [-0.3, -0.25) is 4.57 Å². The van der Waals surface area contributed by atoms with Crippen molar-refractivity contribution < 1.29 is 13.2 Å². The van der Waals surface area contributed by atoms with Crippen LogP contribution in [-0.2, 0) is 15.6 Å². The first-order chi connectivity index (χ1) is 15.8. The Morgan fingerprint density at radius 1 is 1.15 bits per heavy atom. The standard InChI is InChI=1S/C22H27N7O3S/c1-22(9-2-10-22)29-14-26-28-21(29)32-18-6-3-15(11-18)16-12-24-20(25-13-16)27-17-4-7-19(8-5-17)33(23,30)31/h4-5,7-8,12-15,18H,2-3,6,9-11H2,1H3,(H2,23,30,31)(H,24,25,27)/t15-,18+/m1/s1. The van der Waals surface area contributed by atoms with Crippen LogP contribution in [0.1, 0.15) is 56.9 Å². The quantitative estimate of drug-likeness (QED) is 0.538. The molecule has 0 unspecified atom stereocenters. The van der Waals surface area contributed by atoms with Gasteiger partial charge in [0, 0.05) is 23.6 Å². The lowest BCUT2D eigenvalue weighted by atomic mass is 9.78. The SMILES string of the molecule is CC1(n2cnnc2O[C@H]2CC[C@@H](c3cnc(Nc4ccc(S(N)(=O)=O)cc4)nc3)C2)CCC1. The van der Waals surface area contributed by atoms with Crippen molar-refractivity contribution in [2.75, 3.05) is 5.32 Å². The van der Waals surface area contributed by atoms with Crippen LogP contribution in [0.4, 0.5) is 11.6 Å². The molecule has 2 atom stereocenters. The van der Waals surface area contributed by atoms with E-state index in [-0.39, 0.29) is 16.5 Å². The number of rotatable bonds is 7. The number of ether oxygens (including phenoxy) is 1. The Balaban J connectivity index is 1.19. The van der Waals surface area contributed by atoms with Crippen molar-refractivity contribution in [2.24, 2.45) is 5.14 Å². The smallest absolute Gasteiger partial charge is 0.317 e. The second kappa shape index (κ2) is 8.38. The lowest BCUT2D eigenvalue weighted by molar-refractivity contribution is 0.119. The number of sulfonamides is 1. The molecule has 0 bridgehead atoms. The van der Waals surface area contributed by atoms with Gasteiger partial charge in [-0.05, 0) is 81.2 Å². The molecule has 174 valence electrons. The van der Waals surface area contributed by atoms with E-state index in [9.17, 15) is 8.42 Å². The van der Waals surface area contributed by atoms with Gasteiger partial charge in [-0.2, -0.15) is 0 Å². The van der Waals surface area contributed by atoms with Crippen molar-refractivity contribution in [3.63, 3.8) is 0 Å². The minimum atomic E-state index is -3.72. The van der Waals surface area contributed by atoms with E-state index >= 15 is 0 Å². The number of anilines is 2. The zero-order chi connectivity index (χ0) is 23.1. The van der Waals surface area contributed by atoms with E-state index < -0.39 is 10.0 Å². The third-order valence-corrected chi connectivity index (χ3v) is 7.70. The van der Waals surface area contributed by atoms with Gasteiger partial charge in [0.05, 0.1) is 4.90 Å². The van der Waals surface area contributed by atoms with Crippen molar-refractivity contribution in [3.05, 3.63) is 48.5 Å². The third kappa shape index (κ3) is 4.55. The predicted molar refractivity (Wildman–Crippen MR) is 122 cm³/mol. The molecule has 5 rings (SSSR count). The molecule has 3 aromatic rings. The Hall–Kier alpha value is -3.05. The number of nitrogens with two attached hydrogens (primary N) is 1. The molecule has 0 radical (unpaired) electrons. The lowest BCUT2D eigenvalue weighted by Crippen LogP contribution is -2.37. The highest BCUT2D eigenvalue weighted by Crippen LogP contribution is 2.42. The molecule has 2 aliphatic carbocycles. The van der Waals surface area contributed by atoms with Crippen molar-refractivity contribution in [1.82, 2.24) is 24.7 Å². The van der Waals surface area contributed by atoms with Crippen LogP contribution in [0.3, 0.4) is 0 Å². The topological polar surface area (TPSA) is 138 Å². The molecule has 10 nitrogen and oxygen atoms in total. The van der Waals surface area contributed by atoms with Crippen LogP contribution >= 0.6 is 0 Å². The molecule has 0 amide bonds. The van der Waals surface area contributed by atoms with E-state index in [4.69, 9.17) is 9.88 Å². The second-order valence-corrected chi connectivity index (χ2v) is 10.7. The summed E-state index contributed by atoms with van der Waals surface area (Å²) in [5.74, 6) is 0.767. The maximum absolute atomic E-state index is 11.4. The Morgan fingerprint density at radius 2 is 1.88 bits per heavy atom. The van der Waals surface area contributed by atoms with Crippen LogP contribution < -0.4 is 15.2 Å². The van der Waals surface area contributed by atoms with Gasteiger partial charge in [0.2, 0.25) is 16.0 Å². The van der Waals surface area contributed by atoms with Crippen molar-refractivity contribution >= 4 is 21.7 Å². The zero-order valence-corrected chi connectivity index (χ0v) is 19.2. The third-order valence-electron chi connectivity index (χ3n) is 6.77. The summed E-state index contributed by atoms with van der Waals surface area (Å²) in [6, 6.07) is 6.75. The number of primary sulfonamides is 1. The summed E-state index contributed by atoms with van der Waals surface area (Å²) in [7, 11) is -3.72. The first-order valence-electron chi connectivity index (χ1n) is 11.1. The van der Waals surface area contributed by atoms with Gasteiger partial charge in [0.25, 0.3) is 0 Å². The Kier molecular flexibility index (Phi) is 5.53. The Labute approximate surface area is 192 Å². The van der Waals surface area contributed by atoms with E-state index in [1.807, 2.05) is 12.4 Å². The maximum Gasteiger partial charge on any atom is 0.317 e. The summed E-state index contributed by atoms with van der Waals surface area (Å²) >= 11 is 0. The van der Waals surface area contributed by atoms with Gasteiger partial charge in [-0.25, -0.2) is 23.5 Å². The number of aromatic nitrogens is 5. The number of hydrogen-bond acceptors (Lipinski definition) is 8. The van der Waals surface area contributed by atoms with E-state index in [0.29, 0.717) is 23.6 Å². The molecule has 11 heteroatoms. The van der Waals surface area contributed by atoms with Gasteiger partial charge in [0.1, 0.15) is 12.4 Å². The largest absolute Gasteiger partial charge is 0.460 e.